The number of benzene rings is 2. The molecule has 5 rings (SSSR count). The molecule has 2 heterocycles. The Kier molecular flexibility index (Phi) is 5.76. The van der Waals surface area contributed by atoms with Crippen molar-refractivity contribution >= 4 is 34.2 Å². The summed E-state index contributed by atoms with van der Waals surface area (Å²) in [5.41, 5.74) is 5.63. The summed E-state index contributed by atoms with van der Waals surface area (Å²) < 4.78 is 34.2. The number of fused-ring (bicyclic) bond motifs is 2. The number of carbonyl (C=O) groups excluding carboxylic acids is 1. The average Bonchev–Trinajstić information content (AvgIpc) is 3.45. The molecule has 1 atom stereocenters. The molecule has 0 saturated heterocycles. The smallest absolute Gasteiger partial charge is 0.481 e. The summed E-state index contributed by atoms with van der Waals surface area (Å²) >= 11 is 0. The first-order valence-corrected chi connectivity index (χ1v) is 12.4. The van der Waals surface area contributed by atoms with Crippen molar-refractivity contribution in [1.29, 1.82) is 4.78 Å². The van der Waals surface area contributed by atoms with Gasteiger partial charge in [-0.2, -0.15) is 0 Å². The molecule has 9 nitrogen and oxygen atoms in total. The van der Waals surface area contributed by atoms with E-state index in [1.165, 1.54) is 19.2 Å². The number of amides is 2. The maximum atomic E-state index is 13.1. The molecule has 1 aliphatic heterocycles. The van der Waals surface area contributed by atoms with Gasteiger partial charge in [-0.15, -0.1) is 0 Å². The van der Waals surface area contributed by atoms with Crippen molar-refractivity contribution in [3.8, 4) is 17.0 Å². The van der Waals surface area contributed by atoms with Crippen molar-refractivity contribution < 1.29 is 23.4 Å². The highest BCUT2D eigenvalue weighted by Crippen LogP contribution is 2.38. The molecule has 11 heteroatoms. The van der Waals surface area contributed by atoms with Crippen molar-refractivity contribution in [2.75, 3.05) is 12.4 Å². The number of anilines is 1. The Morgan fingerprint density at radius 3 is 2.88 bits per heavy atom. The third kappa shape index (κ3) is 4.13. The third-order valence-corrected chi connectivity index (χ3v) is 7.51. The predicted molar refractivity (Wildman–Crippen MR) is 128 cm³/mol. The SMILES string of the molecule is COc1cc(-c2ccc3c(c2NC(=O)NS(=N)(=O)c2ccc4c(c2)COB4O)CCC3)ccn1. The molecule has 1 aliphatic carbocycles. The molecule has 2 amide bonds. The highest BCUT2D eigenvalue weighted by atomic mass is 32.2. The summed E-state index contributed by atoms with van der Waals surface area (Å²) in [4.78, 5) is 17.3. The fourth-order valence-electron chi connectivity index (χ4n) is 4.45. The number of pyridine rings is 1. The second kappa shape index (κ2) is 8.75. The normalized spacial score (nSPS) is 15.9. The number of hydrogen-bond donors (Lipinski definition) is 4. The first kappa shape index (κ1) is 22.4. The lowest BCUT2D eigenvalue weighted by atomic mass is 9.80. The summed E-state index contributed by atoms with van der Waals surface area (Å²) in [6, 6.07) is 11.4. The van der Waals surface area contributed by atoms with Crippen LogP contribution in [0.1, 0.15) is 23.1 Å². The Morgan fingerprint density at radius 2 is 2.06 bits per heavy atom. The summed E-state index contributed by atoms with van der Waals surface area (Å²) in [5, 5.41) is 12.6. The van der Waals surface area contributed by atoms with Crippen LogP contribution in [-0.2, 0) is 34.0 Å². The Labute approximate surface area is 197 Å². The lowest BCUT2D eigenvalue weighted by Crippen LogP contribution is -2.34. The number of nitrogens with zero attached hydrogens (tertiary/aromatic N) is 1. The van der Waals surface area contributed by atoms with Crippen molar-refractivity contribution in [1.82, 2.24) is 9.71 Å². The zero-order valence-corrected chi connectivity index (χ0v) is 19.3. The van der Waals surface area contributed by atoms with E-state index in [4.69, 9.17) is 14.2 Å². The van der Waals surface area contributed by atoms with E-state index in [2.05, 4.69) is 21.1 Å². The van der Waals surface area contributed by atoms with Crippen LogP contribution >= 0.6 is 0 Å². The second-order valence-corrected chi connectivity index (χ2v) is 9.99. The molecule has 2 aromatic carbocycles. The van der Waals surface area contributed by atoms with Crippen LogP contribution in [0.2, 0.25) is 0 Å². The monoisotopic (exact) mass is 478 g/mol. The van der Waals surface area contributed by atoms with Gasteiger partial charge in [0.1, 0.15) is 0 Å². The Morgan fingerprint density at radius 1 is 1.21 bits per heavy atom. The molecule has 2 aliphatic rings. The Balaban J connectivity index is 1.44. The van der Waals surface area contributed by atoms with Crippen LogP contribution in [-0.4, -0.2) is 34.5 Å². The summed E-state index contributed by atoms with van der Waals surface area (Å²) in [5.74, 6) is 0.452. The van der Waals surface area contributed by atoms with Gasteiger partial charge in [-0.05, 0) is 65.2 Å². The summed E-state index contributed by atoms with van der Waals surface area (Å²) in [6.45, 7) is 0.154. The largest absolute Gasteiger partial charge is 0.491 e. The maximum Gasteiger partial charge on any atom is 0.491 e. The number of rotatable bonds is 5. The minimum atomic E-state index is -3.65. The van der Waals surface area contributed by atoms with Gasteiger partial charge < -0.3 is 19.7 Å². The van der Waals surface area contributed by atoms with Crippen molar-refractivity contribution in [2.45, 2.75) is 30.8 Å². The van der Waals surface area contributed by atoms with Crippen LogP contribution < -0.4 is 20.2 Å². The number of urea groups is 1. The first-order valence-electron chi connectivity index (χ1n) is 10.8. The van der Waals surface area contributed by atoms with E-state index in [1.54, 1.807) is 18.3 Å². The van der Waals surface area contributed by atoms with Crippen LogP contribution in [0.25, 0.3) is 11.1 Å². The zero-order valence-electron chi connectivity index (χ0n) is 18.5. The van der Waals surface area contributed by atoms with Gasteiger partial charge in [0.15, 0.2) is 9.92 Å². The van der Waals surface area contributed by atoms with Gasteiger partial charge in [0.2, 0.25) is 5.88 Å². The lowest BCUT2D eigenvalue weighted by molar-refractivity contribution is 0.256. The topological polar surface area (TPSA) is 134 Å². The third-order valence-electron chi connectivity index (χ3n) is 6.12. The van der Waals surface area contributed by atoms with E-state index >= 15 is 0 Å². The summed E-state index contributed by atoms with van der Waals surface area (Å²) in [7, 11) is -3.15. The molecule has 3 aromatic rings. The highest BCUT2D eigenvalue weighted by molar-refractivity contribution is 7.91. The van der Waals surface area contributed by atoms with E-state index in [-0.39, 0.29) is 11.5 Å². The second-order valence-electron chi connectivity index (χ2n) is 8.20. The molecule has 1 aromatic heterocycles. The van der Waals surface area contributed by atoms with Gasteiger partial charge in [-0.3, -0.25) is 0 Å². The van der Waals surface area contributed by atoms with Crippen LogP contribution in [0.3, 0.4) is 0 Å². The van der Waals surface area contributed by atoms with Gasteiger partial charge >= 0.3 is 13.1 Å². The molecule has 0 fully saturated rings. The van der Waals surface area contributed by atoms with E-state index in [0.717, 1.165) is 41.5 Å². The van der Waals surface area contributed by atoms with Crippen molar-refractivity contribution in [3.05, 3.63) is 65.4 Å². The molecule has 174 valence electrons. The van der Waals surface area contributed by atoms with E-state index in [0.29, 0.717) is 22.6 Å². The van der Waals surface area contributed by atoms with Crippen molar-refractivity contribution in [2.24, 2.45) is 0 Å². The molecule has 0 bridgehead atoms. The fraction of sp³-hybridized carbons (Fsp3) is 0.217. The van der Waals surface area contributed by atoms with E-state index in [9.17, 15) is 14.0 Å². The lowest BCUT2D eigenvalue weighted by Gasteiger charge is -2.18. The van der Waals surface area contributed by atoms with Crippen LogP contribution in [0.4, 0.5) is 10.5 Å². The minimum Gasteiger partial charge on any atom is -0.481 e. The maximum absolute atomic E-state index is 13.1. The molecule has 0 radical (unpaired) electrons. The number of hydrogen-bond acceptors (Lipinski definition) is 7. The van der Waals surface area contributed by atoms with Crippen LogP contribution in [0.5, 0.6) is 5.88 Å². The van der Waals surface area contributed by atoms with Gasteiger partial charge in [-0.25, -0.2) is 23.5 Å². The Bertz CT molecular complexity index is 1400. The van der Waals surface area contributed by atoms with Gasteiger partial charge in [-0.1, -0.05) is 18.2 Å². The van der Waals surface area contributed by atoms with Crippen LogP contribution in [0, 0.1) is 4.78 Å². The first-order chi connectivity index (χ1) is 16.4. The molecular weight excluding hydrogens is 455 g/mol. The number of aryl methyl sites for hydroxylation is 1. The van der Waals surface area contributed by atoms with E-state index < -0.39 is 23.1 Å². The number of aromatic nitrogens is 1. The fourth-order valence-corrected chi connectivity index (χ4v) is 5.45. The molecule has 0 saturated carbocycles. The number of ether oxygens (including phenoxy) is 1. The Hall–Kier alpha value is -3.41. The minimum absolute atomic E-state index is 0.136. The highest BCUT2D eigenvalue weighted by Gasteiger charge is 2.29. The molecular formula is C23H23BN4O5S. The summed E-state index contributed by atoms with van der Waals surface area (Å²) in [6.07, 6.45) is 4.34. The number of methoxy groups -OCH3 is 1. The number of carbonyl (C=O) groups is 1. The number of nitrogens with one attached hydrogen (secondary N) is 3. The van der Waals surface area contributed by atoms with E-state index in [1.807, 2.05) is 12.1 Å². The predicted octanol–water partition coefficient (Wildman–Crippen LogP) is 2.61. The average molecular weight is 478 g/mol. The van der Waals surface area contributed by atoms with Gasteiger partial charge in [0, 0.05) is 17.8 Å². The van der Waals surface area contributed by atoms with Gasteiger partial charge in [0.05, 0.1) is 24.3 Å². The zero-order chi connectivity index (χ0) is 23.9. The standard InChI is InChI=1S/C23H23BN4O5S/c1-32-21-12-15(9-10-26-21)19-7-5-14-3-2-4-18(14)22(19)27-23(29)28-34(25,31)17-6-8-20-16(11-17)13-33-24(20)30/h5-12,30H,2-4,13H2,1H3,(H3,25,27,28,29,31). The molecule has 4 N–H and O–H groups in total. The molecule has 34 heavy (non-hydrogen) atoms. The molecule has 0 spiro atoms. The van der Waals surface area contributed by atoms with Gasteiger partial charge in [0.25, 0.3) is 0 Å². The molecule has 1 unspecified atom stereocenters. The van der Waals surface area contributed by atoms with Crippen molar-refractivity contribution in [3.63, 3.8) is 0 Å². The van der Waals surface area contributed by atoms with Crippen LogP contribution in [0.15, 0.2) is 53.6 Å². The quantitative estimate of drug-likeness (QED) is 0.417.